The van der Waals surface area contributed by atoms with Gasteiger partial charge in [0, 0.05) is 50.7 Å². The van der Waals surface area contributed by atoms with Crippen molar-refractivity contribution in [2.75, 3.05) is 57.9 Å². The van der Waals surface area contributed by atoms with Gasteiger partial charge in [-0.3, -0.25) is 4.90 Å². The molecule has 1 N–H and O–H groups in total. The number of hydrogen-bond acceptors (Lipinski definition) is 5. The number of nitrogens with zero attached hydrogens (tertiary/aromatic N) is 2. The van der Waals surface area contributed by atoms with Crippen molar-refractivity contribution in [2.24, 2.45) is 0 Å². The highest BCUT2D eigenvalue weighted by atomic mass is 19.4. The second kappa shape index (κ2) is 16.5. The van der Waals surface area contributed by atoms with E-state index < -0.39 is 37.5 Å². The number of hydrogen-bond donors (Lipinski definition) is 1. The number of urea groups is 1. The maximum absolute atomic E-state index is 13.6. The van der Waals surface area contributed by atoms with Crippen LogP contribution >= 0.6 is 0 Å². The SMILES string of the molecule is O=C(OCCCC(F)(F)C(F)(F)F)c1cccc(NC(=O)N(CCC(c2ccccc2)c2ccccc2)CCN2CCOCC2)c1. The molecule has 1 aliphatic heterocycles. The predicted octanol–water partition coefficient (Wildman–Crippen LogP) is 7.21. The molecule has 0 saturated carbocycles. The molecular formula is C34H38F5N3O4. The molecule has 3 aromatic rings. The second-order valence-electron chi connectivity index (χ2n) is 11.1. The molecule has 0 radical (unpaired) electrons. The Bertz CT molecular complexity index is 1350. The number of ether oxygens (including phenoxy) is 2. The zero-order chi connectivity index (χ0) is 33.0. The van der Waals surface area contributed by atoms with E-state index in [1.807, 2.05) is 36.4 Å². The number of benzene rings is 3. The van der Waals surface area contributed by atoms with Crippen molar-refractivity contribution in [3.8, 4) is 0 Å². The van der Waals surface area contributed by atoms with E-state index in [0.717, 1.165) is 24.2 Å². The molecule has 1 saturated heterocycles. The molecule has 0 spiro atoms. The first-order valence-corrected chi connectivity index (χ1v) is 15.2. The van der Waals surface area contributed by atoms with Crippen LogP contribution in [-0.2, 0) is 9.47 Å². The van der Waals surface area contributed by atoms with Crippen molar-refractivity contribution >= 4 is 17.7 Å². The molecule has 0 atom stereocenters. The number of carbonyl (C=O) groups excluding carboxylic acids is 2. The number of nitrogens with one attached hydrogen (secondary N) is 1. The monoisotopic (exact) mass is 647 g/mol. The summed E-state index contributed by atoms with van der Waals surface area (Å²) in [5.74, 6) is -5.71. The van der Waals surface area contributed by atoms with Crippen molar-refractivity contribution in [3.63, 3.8) is 0 Å². The third-order valence-electron chi connectivity index (χ3n) is 7.80. The number of amides is 2. The van der Waals surface area contributed by atoms with Gasteiger partial charge in [-0.1, -0.05) is 66.7 Å². The Labute approximate surface area is 265 Å². The van der Waals surface area contributed by atoms with Crippen molar-refractivity contribution in [2.45, 2.75) is 37.3 Å². The lowest BCUT2D eigenvalue weighted by atomic mass is 9.88. The average Bonchev–Trinajstić information content (AvgIpc) is 3.05. The van der Waals surface area contributed by atoms with Gasteiger partial charge in [0.15, 0.2) is 0 Å². The Balaban J connectivity index is 1.41. The van der Waals surface area contributed by atoms with Crippen molar-refractivity contribution < 1.29 is 41.0 Å². The number of alkyl halides is 5. The quantitative estimate of drug-likeness (QED) is 0.114. The number of carbonyl (C=O) groups is 2. The maximum atomic E-state index is 13.6. The van der Waals surface area contributed by atoms with E-state index in [1.54, 1.807) is 11.0 Å². The minimum atomic E-state index is -5.66. The Hall–Kier alpha value is -4.03. The lowest BCUT2D eigenvalue weighted by molar-refractivity contribution is -0.284. The average molecular weight is 648 g/mol. The molecule has 1 aliphatic rings. The Kier molecular flexibility index (Phi) is 12.5. The van der Waals surface area contributed by atoms with Crippen LogP contribution in [0.3, 0.4) is 0 Å². The number of halogens is 5. The van der Waals surface area contributed by atoms with E-state index in [0.29, 0.717) is 45.0 Å². The van der Waals surface area contributed by atoms with Crippen LogP contribution in [0.5, 0.6) is 0 Å². The lowest BCUT2D eigenvalue weighted by Gasteiger charge is -2.31. The fourth-order valence-corrected chi connectivity index (χ4v) is 5.19. The fourth-order valence-electron chi connectivity index (χ4n) is 5.19. The molecule has 0 bridgehead atoms. The summed E-state index contributed by atoms with van der Waals surface area (Å²) in [6, 6.07) is 25.7. The summed E-state index contributed by atoms with van der Waals surface area (Å²) in [7, 11) is 0. The molecule has 0 aliphatic carbocycles. The van der Waals surface area contributed by atoms with Crippen LogP contribution in [0.4, 0.5) is 32.4 Å². The molecule has 3 aromatic carbocycles. The molecule has 1 fully saturated rings. The number of morpholine rings is 1. The second-order valence-corrected chi connectivity index (χ2v) is 11.1. The number of anilines is 1. The first-order valence-electron chi connectivity index (χ1n) is 15.2. The lowest BCUT2D eigenvalue weighted by Crippen LogP contribution is -2.44. The van der Waals surface area contributed by atoms with Gasteiger partial charge in [-0.25, -0.2) is 9.59 Å². The van der Waals surface area contributed by atoms with E-state index in [-0.39, 0.29) is 17.5 Å². The van der Waals surface area contributed by atoms with Gasteiger partial charge < -0.3 is 19.7 Å². The zero-order valence-electron chi connectivity index (χ0n) is 25.4. The van der Waals surface area contributed by atoms with Crippen LogP contribution in [-0.4, -0.2) is 86.4 Å². The molecule has 0 aromatic heterocycles. The van der Waals surface area contributed by atoms with Gasteiger partial charge in [0.25, 0.3) is 0 Å². The minimum absolute atomic E-state index is 0.0217. The van der Waals surface area contributed by atoms with Crippen LogP contribution in [0.2, 0.25) is 0 Å². The van der Waals surface area contributed by atoms with Crippen molar-refractivity contribution in [1.29, 1.82) is 0 Å². The molecule has 2 amide bonds. The van der Waals surface area contributed by atoms with Gasteiger partial charge in [0.2, 0.25) is 0 Å². The van der Waals surface area contributed by atoms with Gasteiger partial charge >= 0.3 is 24.1 Å². The summed E-state index contributed by atoms with van der Waals surface area (Å²) in [6.45, 7) is 3.72. The van der Waals surface area contributed by atoms with Crippen molar-refractivity contribution in [1.82, 2.24) is 9.80 Å². The largest absolute Gasteiger partial charge is 0.462 e. The molecule has 0 unspecified atom stereocenters. The molecule has 7 nitrogen and oxygen atoms in total. The zero-order valence-corrected chi connectivity index (χ0v) is 25.4. The highest BCUT2D eigenvalue weighted by molar-refractivity contribution is 5.94. The normalized spacial score (nSPS) is 14.2. The highest BCUT2D eigenvalue weighted by Gasteiger charge is 2.56. The van der Waals surface area contributed by atoms with Gasteiger partial charge in [0.05, 0.1) is 25.4 Å². The van der Waals surface area contributed by atoms with E-state index in [1.165, 1.54) is 18.2 Å². The molecule has 248 valence electrons. The van der Waals surface area contributed by atoms with Crippen LogP contribution < -0.4 is 5.32 Å². The smallest absolute Gasteiger partial charge is 0.453 e. The molecule has 4 rings (SSSR count). The number of esters is 1. The van der Waals surface area contributed by atoms with Crippen LogP contribution in [0.1, 0.15) is 46.7 Å². The van der Waals surface area contributed by atoms with Gasteiger partial charge in [-0.05, 0) is 42.2 Å². The van der Waals surface area contributed by atoms with E-state index in [9.17, 15) is 31.5 Å². The number of rotatable bonds is 14. The molecule has 46 heavy (non-hydrogen) atoms. The summed E-state index contributed by atoms with van der Waals surface area (Å²) in [5, 5.41) is 2.84. The summed E-state index contributed by atoms with van der Waals surface area (Å²) >= 11 is 0. The third-order valence-corrected chi connectivity index (χ3v) is 7.80. The van der Waals surface area contributed by atoms with Gasteiger partial charge in [0.1, 0.15) is 0 Å². The summed E-state index contributed by atoms with van der Waals surface area (Å²) in [6.07, 6.45) is -7.16. The first kappa shape index (κ1) is 34.8. The standard InChI is InChI=1S/C34H38F5N3O4/c35-33(36,34(37,38)39)16-8-22-46-31(43)28-13-7-14-29(25-28)40-32(44)42(19-18-41-20-23-45-24-21-41)17-15-30(26-9-3-1-4-10-26)27-11-5-2-6-12-27/h1-7,9-14,25,30H,8,15-24H2,(H,40,44). The first-order chi connectivity index (χ1) is 22.0. The van der Waals surface area contributed by atoms with Crippen LogP contribution in [0, 0.1) is 0 Å². The summed E-state index contributed by atoms with van der Waals surface area (Å²) in [4.78, 5) is 30.1. The maximum Gasteiger partial charge on any atom is 0.453 e. The summed E-state index contributed by atoms with van der Waals surface area (Å²) < 4.78 is 73.8. The van der Waals surface area contributed by atoms with Gasteiger partial charge in [-0.15, -0.1) is 0 Å². The summed E-state index contributed by atoms with van der Waals surface area (Å²) in [5.41, 5.74) is 2.60. The Morgan fingerprint density at radius 2 is 1.50 bits per heavy atom. The third kappa shape index (κ3) is 10.2. The predicted molar refractivity (Wildman–Crippen MR) is 164 cm³/mol. The van der Waals surface area contributed by atoms with E-state index in [4.69, 9.17) is 9.47 Å². The van der Waals surface area contributed by atoms with Crippen LogP contribution in [0.25, 0.3) is 0 Å². The highest BCUT2D eigenvalue weighted by Crippen LogP contribution is 2.38. The fraction of sp³-hybridized carbons (Fsp3) is 0.412. The Morgan fingerprint density at radius 1 is 0.870 bits per heavy atom. The van der Waals surface area contributed by atoms with Crippen molar-refractivity contribution in [3.05, 3.63) is 102 Å². The van der Waals surface area contributed by atoms with E-state index in [2.05, 4.69) is 34.5 Å². The van der Waals surface area contributed by atoms with E-state index >= 15 is 0 Å². The molecule has 12 heteroatoms. The topological polar surface area (TPSA) is 71.1 Å². The van der Waals surface area contributed by atoms with Gasteiger partial charge in [-0.2, -0.15) is 22.0 Å². The molecule has 1 heterocycles. The van der Waals surface area contributed by atoms with Crippen LogP contribution in [0.15, 0.2) is 84.9 Å². The minimum Gasteiger partial charge on any atom is -0.462 e. The molecular weight excluding hydrogens is 609 g/mol. The Morgan fingerprint density at radius 3 is 2.11 bits per heavy atom.